The van der Waals surface area contributed by atoms with Crippen molar-refractivity contribution in [3.8, 4) is 0 Å². The fourth-order valence-corrected chi connectivity index (χ4v) is 3.79. The van der Waals surface area contributed by atoms with Crippen molar-refractivity contribution in [1.82, 2.24) is 15.1 Å². The Labute approximate surface area is 125 Å². The van der Waals surface area contributed by atoms with E-state index in [1.165, 1.54) is 4.88 Å². The third kappa shape index (κ3) is 3.40. The molecule has 1 aromatic rings. The lowest BCUT2D eigenvalue weighted by Gasteiger charge is -2.35. The van der Waals surface area contributed by atoms with Crippen LogP contribution in [0.5, 0.6) is 0 Å². The van der Waals surface area contributed by atoms with Crippen molar-refractivity contribution in [1.29, 1.82) is 0 Å². The molecule has 2 heterocycles. The Morgan fingerprint density at radius 2 is 2.15 bits per heavy atom. The Kier molecular flexibility index (Phi) is 4.52. The van der Waals surface area contributed by atoms with E-state index in [2.05, 4.69) is 49.6 Å². The van der Waals surface area contributed by atoms with E-state index in [1.807, 2.05) is 17.9 Å². The fourth-order valence-electron chi connectivity index (χ4n) is 2.99. The minimum atomic E-state index is -0.0998. The number of rotatable bonds is 5. The van der Waals surface area contributed by atoms with Gasteiger partial charge in [0.1, 0.15) is 6.17 Å². The average Bonchev–Trinajstić information content (AvgIpc) is 2.91. The summed E-state index contributed by atoms with van der Waals surface area (Å²) in [5, 5.41) is 5.47. The second kappa shape index (κ2) is 5.84. The van der Waals surface area contributed by atoms with Crippen molar-refractivity contribution in [2.24, 2.45) is 5.41 Å². The molecule has 4 nitrogen and oxygen atoms in total. The molecule has 1 aromatic heterocycles. The van der Waals surface area contributed by atoms with Crippen LogP contribution in [0.25, 0.3) is 0 Å². The SMILES string of the molecule is CC1NC(c2cccs2)N(CC(C)(C)CN(C)C)C1=O. The van der Waals surface area contributed by atoms with Crippen molar-refractivity contribution < 1.29 is 4.79 Å². The first-order valence-electron chi connectivity index (χ1n) is 7.05. The van der Waals surface area contributed by atoms with E-state index in [9.17, 15) is 4.79 Å². The standard InChI is InChI=1S/C15H25N3OS/c1-11-14(19)18(10-15(2,3)9-17(4)5)13(16-11)12-7-6-8-20-12/h6-8,11,13,16H,9-10H2,1-5H3. The van der Waals surface area contributed by atoms with Gasteiger partial charge in [-0.15, -0.1) is 11.3 Å². The summed E-state index contributed by atoms with van der Waals surface area (Å²) < 4.78 is 0. The van der Waals surface area contributed by atoms with Crippen molar-refractivity contribution in [3.63, 3.8) is 0 Å². The van der Waals surface area contributed by atoms with Crippen LogP contribution >= 0.6 is 11.3 Å². The van der Waals surface area contributed by atoms with Gasteiger partial charge in [0.05, 0.1) is 6.04 Å². The number of carbonyl (C=O) groups is 1. The summed E-state index contributed by atoms with van der Waals surface area (Å²) in [6.45, 7) is 8.11. The molecule has 0 bridgehead atoms. The minimum Gasteiger partial charge on any atom is -0.320 e. The van der Waals surface area contributed by atoms with Crippen molar-refractivity contribution in [2.45, 2.75) is 33.0 Å². The first-order chi connectivity index (χ1) is 9.30. The van der Waals surface area contributed by atoms with Gasteiger partial charge in [0.2, 0.25) is 5.91 Å². The second-order valence-electron chi connectivity index (χ2n) is 6.67. The summed E-state index contributed by atoms with van der Waals surface area (Å²) >= 11 is 1.70. The van der Waals surface area contributed by atoms with Crippen molar-refractivity contribution >= 4 is 17.2 Å². The van der Waals surface area contributed by atoms with Gasteiger partial charge in [0, 0.05) is 18.0 Å². The molecule has 20 heavy (non-hydrogen) atoms. The summed E-state index contributed by atoms with van der Waals surface area (Å²) in [4.78, 5) is 17.8. The molecule has 1 fully saturated rings. The number of hydrogen-bond donors (Lipinski definition) is 1. The fraction of sp³-hybridized carbons (Fsp3) is 0.667. The van der Waals surface area contributed by atoms with E-state index in [0.29, 0.717) is 0 Å². The molecule has 1 aliphatic rings. The summed E-state index contributed by atoms with van der Waals surface area (Å²) in [6, 6.07) is 4.04. The highest BCUT2D eigenvalue weighted by Crippen LogP contribution is 2.31. The zero-order valence-corrected chi connectivity index (χ0v) is 13.8. The molecule has 1 aliphatic heterocycles. The predicted molar refractivity (Wildman–Crippen MR) is 83.7 cm³/mol. The van der Waals surface area contributed by atoms with E-state index in [0.717, 1.165) is 13.1 Å². The van der Waals surface area contributed by atoms with Crippen LogP contribution in [-0.2, 0) is 4.79 Å². The average molecular weight is 295 g/mol. The van der Waals surface area contributed by atoms with Crippen molar-refractivity contribution in [3.05, 3.63) is 22.4 Å². The zero-order valence-electron chi connectivity index (χ0n) is 13.0. The van der Waals surface area contributed by atoms with Crippen LogP contribution in [0.4, 0.5) is 0 Å². The molecule has 0 spiro atoms. The van der Waals surface area contributed by atoms with Crippen LogP contribution in [0.2, 0.25) is 0 Å². The van der Waals surface area contributed by atoms with Gasteiger partial charge < -0.3 is 9.80 Å². The number of carbonyl (C=O) groups excluding carboxylic acids is 1. The maximum absolute atomic E-state index is 12.4. The van der Waals surface area contributed by atoms with Gasteiger partial charge in [0.25, 0.3) is 0 Å². The lowest BCUT2D eigenvalue weighted by Crippen LogP contribution is -2.42. The van der Waals surface area contributed by atoms with Crippen LogP contribution in [0, 0.1) is 5.41 Å². The highest BCUT2D eigenvalue weighted by molar-refractivity contribution is 7.10. The maximum atomic E-state index is 12.4. The summed E-state index contributed by atoms with van der Waals surface area (Å²) in [5.74, 6) is 0.204. The predicted octanol–water partition coefficient (Wildman–Crippen LogP) is 2.15. The number of nitrogens with one attached hydrogen (secondary N) is 1. The molecule has 1 N–H and O–H groups in total. The van der Waals surface area contributed by atoms with Crippen LogP contribution in [0.1, 0.15) is 31.8 Å². The number of hydrogen-bond acceptors (Lipinski definition) is 4. The molecular weight excluding hydrogens is 270 g/mol. The molecule has 0 aromatic carbocycles. The maximum Gasteiger partial charge on any atom is 0.241 e. The van der Waals surface area contributed by atoms with E-state index < -0.39 is 0 Å². The molecule has 1 amide bonds. The van der Waals surface area contributed by atoms with Gasteiger partial charge in [-0.05, 0) is 37.9 Å². The molecular formula is C15H25N3OS. The quantitative estimate of drug-likeness (QED) is 0.904. The lowest BCUT2D eigenvalue weighted by molar-refractivity contribution is -0.131. The number of amides is 1. The van der Waals surface area contributed by atoms with Gasteiger partial charge in [-0.1, -0.05) is 19.9 Å². The molecule has 2 unspecified atom stereocenters. The third-order valence-corrected chi connectivity index (χ3v) is 4.45. The molecule has 5 heteroatoms. The Morgan fingerprint density at radius 1 is 1.45 bits per heavy atom. The number of thiophene rings is 1. The highest BCUT2D eigenvalue weighted by Gasteiger charge is 2.40. The van der Waals surface area contributed by atoms with Crippen molar-refractivity contribution in [2.75, 3.05) is 27.2 Å². The van der Waals surface area contributed by atoms with Crippen LogP contribution in [0.15, 0.2) is 17.5 Å². The van der Waals surface area contributed by atoms with E-state index in [-0.39, 0.29) is 23.5 Å². The monoisotopic (exact) mass is 295 g/mol. The molecule has 2 atom stereocenters. The minimum absolute atomic E-state index is 0.0268. The Balaban J connectivity index is 2.16. The van der Waals surface area contributed by atoms with Gasteiger partial charge in [-0.3, -0.25) is 10.1 Å². The van der Waals surface area contributed by atoms with Gasteiger partial charge >= 0.3 is 0 Å². The molecule has 0 aliphatic carbocycles. The topological polar surface area (TPSA) is 35.6 Å². The highest BCUT2D eigenvalue weighted by atomic mass is 32.1. The summed E-state index contributed by atoms with van der Waals surface area (Å²) in [6.07, 6.45) is 0.0268. The smallest absolute Gasteiger partial charge is 0.241 e. The Morgan fingerprint density at radius 3 is 2.70 bits per heavy atom. The van der Waals surface area contributed by atoms with E-state index >= 15 is 0 Å². The molecule has 2 rings (SSSR count). The van der Waals surface area contributed by atoms with Gasteiger partial charge in [-0.25, -0.2) is 0 Å². The number of nitrogens with zero attached hydrogens (tertiary/aromatic N) is 2. The Hall–Kier alpha value is -0.910. The van der Waals surface area contributed by atoms with Gasteiger partial charge in [-0.2, -0.15) is 0 Å². The van der Waals surface area contributed by atoms with Gasteiger partial charge in [0.15, 0.2) is 0 Å². The molecule has 0 saturated carbocycles. The molecule has 1 saturated heterocycles. The largest absolute Gasteiger partial charge is 0.320 e. The van der Waals surface area contributed by atoms with E-state index in [1.54, 1.807) is 11.3 Å². The lowest BCUT2D eigenvalue weighted by atomic mass is 9.92. The Bertz CT molecular complexity index is 456. The summed E-state index contributed by atoms with van der Waals surface area (Å²) in [7, 11) is 4.15. The van der Waals surface area contributed by atoms with Crippen LogP contribution in [0.3, 0.4) is 0 Å². The zero-order chi connectivity index (χ0) is 14.9. The van der Waals surface area contributed by atoms with Crippen LogP contribution < -0.4 is 5.32 Å². The third-order valence-electron chi connectivity index (χ3n) is 3.53. The first-order valence-corrected chi connectivity index (χ1v) is 7.93. The molecule has 112 valence electrons. The molecule has 0 radical (unpaired) electrons. The normalized spacial score (nSPS) is 23.9. The van der Waals surface area contributed by atoms with Crippen LogP contribution in [-0.4, -0.2) is 48.9 Å². The first kappa shape index (κ1) is 15.5. The second-order valence-corrected chi connectivity index (χ2v) is 7.65. The summed E-state index contributed by atoms with van der Waals surface area (Å²) in [5.41, 5.74) is 0.0699. The van der Waals surface area contributed by atoms with E-state index in [4.69, 9.17) is 0 Å².